The van der Waals surface area contributed by atoms with Crippen LogP contribution in [0.15, 0.2) is 36.5 Å². The molecule has 0 aliphatic heterocycles. The summed E-state index contributed by atoms with van der Waals surface area (Å²) >= 11 is 0. The van der Waals surface area contributed by atoms with Crippen LogP contribution in [0.1, 0.15) is 355 Å². The summed E-state index contributed by atoms with van der Waals surface area (Å²) < 4.78 is 16.9. The van der Waals surface area contributed by atoms with Gasteiger partial charge >= 0.3 is 17.9 Å². The van der Waals surface area contributed by atoms with Crippen LogP contribution in [0.2, 0.25) is 0 Å². The molecule has 0 rings (SSSR count). The van der Waals surface area contributed by atoms with Gasteiger partial charge in [0.1, 0.15) is 13.2 Å². The van der Waals surface area contributed by atoms with E-state index in [-0.39, 0.29) is 31.1 Å². The Morgan fingerprint density at radius 1 is 0.274 bits per heavy atom. The van der Waals surface area contributed by atoms with Gasteiger partial charge in [0.05, 0.1) is 0 Å². The van der Waals surface area contributed by atoms with Gasteiger partial charge in [0, 0.05) is 19.3 Å². The molecule has 0 aromatic rings. The lowest BCUT2D eigenvalue weighted by atomic mass is 10.0. The summed E-state index contributed by atoms with van der Waals surface area (Å²) in [6.45, 7) is 6.66. The SMILES string of the molecule is CCCCC/C=C\C/C=C\CCCCCCCCCC(=O)OC(COC(=O)CCCCCCCCCCCCCCC)COC(=O)CCCCCCCCCCCCCCC/C=C\CCCCCCCCCC. The number of esters is 3. The lowest BCUT2D eigenvalue weighted by molar-refractivity contribution is -0.167. The highest BCUT2D eigenvalue weighted by molar-refractivity contribution is 5.71. The molecule has 1 atom stereocenters. The van der Waals surface area contributed by atoms with Crippen molar-refractivity contribution >= 4 is 17.9 Å². The molecule has 0 amide bonds. The zero-order valence-corrected chi connectivity index (χ0v) is 49.2. The maximum absolute atomic E-state index is 12.9. The molecule has 0 N–H and O–H groups in total. The number of ether oxygens (including phenoxy) is 3. The Labute approximate surface area is 455 Å². The molecule has 6 heteroatoms. The van der Waals surface area contributed by atoms with Gasteiger partial charge in [-0.1, -0.05) is 295 Å². The van der Waals surface area contributed by atoms with Crippen LogP contribution in [0, 0.1) is 0 Å². The quantitative estimate of drug-likeness (QED) is 0.0261. The average molecular weight is 1030 g/mol. The zero-order chi connectivity index (χ0) is 52.9. The smallest absolute Gasteiger partial charge is 0.306 e. The zero-order valence-electron chi connectivity index (χ0n) is 49.2. The summed E-state index contributed by atoms with van der Waals surface area (Å²) in [5.74, 6) is -0.856. The molecule has 0 bridgehead atoms. The van der Waals surface area contributed by atoms with Crippen LogP contribution in [0.5, 0.6) is 0 Å². The van der Waals surface area contributed by atoms with Crippen molar-refractivity contribution in [2.45, 2.75) is 361 Å². The van der Waals surface area contributed by atoms with Crippen molar-refractivity contribution in [1.82, 2.24) is 0 Å². The predicted molar refractivity (Wildman–Crippen MR) is 316 cm³/mol. The van der Waals surface area contributed by atoms with Crippen molar-refractivity contribution in [3.63, 3.8) is 0 Å². The first-order valence-electron chi connectivity index (χ1n) is 32.5. The van der Waals surface area contributed by atoms with Crippen LogP contribution >= 0.6 is 0 Å². The third kappa shape index (κ3) is 60.4. The second kappa shape index (κ2) is 62.2. The van der Waals surface area contributed by atoms with Crippen LogP contribution in [0.4, 0.5) is 0 Å². The maximum atomic E-state index is 12.9. The molecule has 0 aliphatic carbocycles. The van der Waals surface area contributed by atoms with E-state index in [1.165, 1.54) is 244 Å². The molecule has 0 heterocycles. The topological polar surface area (TPSA) is 78.9 Å². The monoisotopic (exact) mass is 1020 g/mol. The van der Waals surface area contributed by atoms with Gasteiger partial charge in [0.15, 0.2) is 6.10 Å². The van der Waals surface area contributed by atoms with E-state index in [1.807, 2.05) is 0 Å². The Balaban J connectivity index is 4.24. The molecule has 6 nitrogen and oxygen atoms in total. The largest absolute Gasteiger partial charge is 0.462 e. The van der Waals surface area contributed by atoms with Crippen molar-refractivity contribution in [2.24, 2.45) is 0 Å². The second-order valence-corrected chi connectivity index (χ2v) is 22.0. The van der Waals surface area contributed by atoms with Crippen LogP contribution in [0.3, 0.4) is 0 Å². The van der Waals surface area contributed by atoms with E-state index >= 15 is 0 Å². The first-order valence-corrected chi connectivity index (χ1v) is 32.5. The van der Waals surface area contributed by atoms with E-state index in [9.17, 15) is 14.4 Å². The number of allylic oxidation sites excluding steroid dienone is 6. The molecular formula is C67H124O6. The molecule has 0 fully saturated rings. The van der Waals surface area contributed by atoms with E-state index in [0.717, 1.165) is 70.6 Å². The van der Waals surface area contributed by atoms with Gasteiger partial charge in [-0.2, -0.15) is 0 Å². The highest BCUT2D eigenvalue weighted by Crippen LogP contribution is 2.17. The van der Waals surface area contributed by atoms with Crippen molar-refractivity contribution in [2.75, 3.05) is 13.2 Å². The minimum Gasteiger partial charge on any atom is -0.462 e. The number of rotatable bonds is 60. The van der Waals surface area contributed by atoms with E-state index in [1.54, 1.807) is 0 Å². The molecule has 428 valence electrons. The van der Waals surface area contributed by atoms with Crippen molar-refractivity contribution in [1.29, 1.82) is 0 Å². The number of carbonyl (C=O) groups excluding carboxylic acids is 3. The molecule has 0 saturated heterocycles. The Morgan fingerprint density at radius 3 is 0.795 bits per heavy atom. The lowest BCUT2D eigenvalue weighted by Crippen LogP contribution is -2.30. The van der Waals surface area contributed by atoms with Gasteiger partial charge in [-0.15, -0.1) is 0 Å². The number of hydrogen-bond donors (Lipinski definition) is 0. The van der Waals surface area contributed by atoms with Crippen LogP contribution in [-0.2, 0) is 28.6 Å². The molecule has 1 unspecified atom stereocenters. The van der Waals surface area contributed by atoms with Crippen LogP contribution in [0.25, 0.3) is 0 Å². The lowest BCUT2D eigenvalue weighted by Gasteiger charge is -2.18. The minimum absolute atomic E-state index is 0.0709. The van der Waals surface area contributed by atoms with Crippen molar-refractivity contribution < 1.29 is 28.6 Å². The van der Waals surface area contributed by atoms with Gasteiger partial charge in [-0.25, -0.2) is 0 Å². The molecule has 0 aromatic carbocycles. The third-order valence-electron chi connectivity index (χ3n) is 14.6. The van der Waals surface area contributed by atoms with Crippen LogP contribution in [-0.4, -0.2) is 37.2 Å². The normalized spacial score (nSPS) is 12.2. The Hall–Kier alpha value is -2.37. The fraction of sp³-hybridized carbons (Fsp3) is 0.866. The van der Waals surface area contributed by atoms with E-state index in [2.05, 4.69) is 57.2 Å². The van der Waals surface area contributed by atoms with Gasteiger partial charge in [0.2, 0.25) is 0 Å². The summed E-state index contributed by atoms with van der Waals surface area (Å²) in [6, 6.07) is 0. The maximum Gasteiger partial charge on any atom is 0.306 e. The summed E-state index contributed by atoms with van der Waals surface area (Å²) in [5.41, 5.74) is 0. The number of hydrogen-bond acceptors (Lipinski definition) is 6. The standard InChI is InChI=1S/C67H124O6/c1-4-7-10-13-16-19-22-25-27-29-30-31-32-33-34-35-36-38-39-42-45-48-51-54-57-60-66(69)72-63-64(62-71-65(68)59-56-53-50-47-44-41-24-21-18-15-12-9-6-3)73-67(70)61-58-55-52-49-46-43-40-37-28-26-23-20-17-14-11-8-5-2/h17,20,26,28-30,64H,4-16,18-19,21-25,27,31-63H2,1-3H3/b20-17-,28-26-,30-29-. The second-order valence-electron chi connectivity index (χ2n) is 22.0. The summed E-state index contributed by atoms with van der Waals surface area (Å²) in [7, 11) is 0. The van der Waals surface area contributed by atoms with Gasteiger partial charge in [-0.05, 0) is 77.0 Å². The minimum atomic E-state index is -0.774. The molecule has 0 spiro atoms. The summed E-state index contributed by atoms with van der Waals surface area (Å²) in [4.78, 5) is 38.3. The molecule has 0 radical (unpaired) electrons. The third-order valence-corrected chi connectivity index (χ3v) is 14.6. The first-order chi connectivity index (χ1) is 36.0. The molecule has 0 aliphatic rings. The Kier molecular flexibility index (Phi) is 60.2. The van der Waals surface area contributed by atoms with Gasteiger partial charge in [0.25, 0.3) is 0 Å². The fourth-order valence-electron chi connectivity index (χ4n) is 9.71. The fourth-order valence-corrected chi connectivity index (χ4v) is 9.71. The first kappa shape index (κ1) is 70.6. The molecule has 0 aromatic heterocycles. The highest BCUT2D eigenvalue weighted by atomic mass is 16.6. The van der Waals surface area contributed by atoms with Gasteiger partial charge in [-0.3, -0.25) is 14.4 Å². The Morgan fingerprint density at radius 2 is 0.493 bits per heavy atom. The summed E-state index contributed by atoms with van der Waals surface area (Å²) in [6.07, 6.45) is 75.8. The number of carbonyl (C=O) groups is 3. The van der Waals surface area contributed by atoms with E-state index in [4.69, 9.17) is 14.2 Å². The van der Waals surface area contributed by atoms with Gasteiger partial charge < -0.3 is 14.2 Å². The number of unbranched alkanes of at least 4 members (excludes halogenated alkanes) is 43. The molecular weight excluding hydrogens is 901 g/mol. The Bertz CT molecular complexity index is 1220. The van der Waals surface area contributed by atoms with Crippen LogP contribution < -0.4 is 0 Å². The van der Waals surface area contributed by atoms with E-state index < -0.39 is 6.10 Å². The van der Waals surface area contributed by atoms with Crippen molar-refractivity contribution in [3.05, 3.63) is 36.5 Å². The van der Waals surface area contributed by atoms with E-state index in [0.29, 0.717) is 19.3 Å². The molecule has 0 saturated carbocycles. The average Bonchev–Trinajstić information content (AvgIpc) is 3.39. The predicted octanol–water partition coefficient (Wildman–Crippen LogP) is 22.0. The highest BCUT2D eigenvalue weighted by Gasteiger charge is 2.19. The molecule has 73 heavy (non-hydrogen) atoms. The summed E-state index contributed by atoms with van der Waals surface area (Å²) in [5, 5.41) is 0. The van der Waals surface area contributed by atoms with Crippen molar-refractivity contribution in [3.8, 4) is 0 Å².